The lowest BCUT2D eigenvalue weighted by Gasteiger charge is -2.18. The van der Waals surface area contributed by atoms with Gasteiger partial charge in [0.15, 0.2) is 11.5 Å². The number of benzene rings is 1. The topological polar surface area (TPSA) is 128 Å². The van der Waals surface area contributed by atoms with Gasteiger partial charge in [-0.3, -0.25) is 4.79 Å². The van der Waals surface area contributed by atoms with Gasteiger partial charge in [-0.25, -0.2) is 13.2 Å². The second kappa shape index (κ2) is 9.79. The Bertz CT molecular complexity index is 809. The molecule has 0 radical (unpaired) electrons. The molecule has 0 bridgehead atoms. The van der Waals surface area contributed by atoms with Crippen LogP contribution in [-0.4, -0.2) is 64.3 Å². The first kappa shape index (κ1) is 23.0. The van der Waals surface area contributed by atoms with Gasteiger partial charge in [-0.2, -0.15) is 0 Å². The minimum absolute atomic E-state index is 0.0501. The molecule has 152 valence electrons. The van der Waals surface area contributed by atoms with Crippen LogP contribution in [0.1, 0.15) is 23.7 Å². The molecule has 1 aromatic rings. The molecule has 1 amide bonds. The molecule has 27 heavy (non-hydrogen) atoms. The highest BCUT2D eigenvalue weighted by Crippen LogP contribution is 2.44. The van der Waals surface area contributed by atoms with Gasteiger partial charge >= 0.3 is 5.97 Å². The van der Waals surface area contributed by atoms with Crippen LogP contribution < -0.4 is 19.5 Å². The Kier molecular flexibility index (Phi) is 8.35. The van der Waals surface area contributed by atoms with Crippen LogP contribution in [0, 0.1) is 0 Å². The van der Waals surface area contributed by atoms with E-state index < -0.39 is 27.8 Å². The zero-order valence-corrected chi connectivity index (χ0v) is 17.8. The molecule has 1 rings (SSSR count). The SMILES string of the molecule is CCS(=O)(=O)CCC(NC(=O)c1cc(OC)c(OC)c(OC)c1Br)C(=O)O. The van der Waals surface area contributed by atoms with Gasteiger partial charge in [0.1, 0.15) is 15.9 Å². The monoisotopic (exact) mass is 467 g/mol. The summed E-state index contributed by atoms with van der Waals surface area (Å²) in [6.07, 6.45) is -0.251. The molecule has 0 saturated heterocycles. The maximum atomic E-state index is 12.6. The van der Waals surface area contributed by atoms with Crippen molar-refractivity contribution < 1.29 is 37.3 Å². The second-order valence-corrected chi connectivity index (χ2v) is 8.66. The molecule has 0 fully saturated rings. The van der Waals surface area contributed by atoms with Crippen molar-refractivity contribution in [3.05, 3.63) is 16.1 Å². The lowest BCUT2D eigenvalue weighted by atomic mass is 10.1. The zero-order valence-electron chi connectivity index (χ0n) is 15.4. The van der Waals surface area contributed by atoms with E-state index in [1.54, 1.807) is 0 Å². The summed E-state index contributed by atoms with van der Waals surface area (Å²) in [6.45, 7) is 1.47. The first-order chi connectivity index (χ1) is 12.6. The van der Waals surface area contributed by atoms with Crippen LogP contribution in [0.5, 0.6) is 17.2 Å². The lowest BCUT2D eigenvalue weighted by Crippen LogP contribution is -2.42. The highest BCUT2D eigenvalue weighted by atomic mass is 79.9. The summed E-state index contributed by atoms with van der Waals surface area (Å²) in [4.78, 5) is 24.0. The first-order valence-corrected chi connectivity index (χ1v) is 10.5. The summed E-state index contributed by atoms with van der Waals surface area (Å²) in [5.74, 6) is -1.86. The van der Waals surface area contributed by atoms with Crippen LogP contribution >= 0.6 is 15.9 Å². The molecule has 2 N–H and O–H groups in total. The van der Waals surface area contributed by atoms with E-state index in [2.05, 4.69) is 21.2 Å². The Hall–Kier alpha value is -2.01. The fourth-order valence-electron chi connectivity index (χ4n) is 2.22. The van der Waals surface area contributed by atoms with Gasteiger partial charge in [-0.1, -0.05) is 6.92 Å². The number of carboxylic acids is 1. The lowest BCUT2D eigenvalue weighted by molar-refractivity contribution is -0.139. The Morgan fingerprint density at radius 2 is 1.78 bits per heavy atom. The molecule has 0 aliphatic heterocycles. The van der Waals surface area contributed by atoms with E-state index in [1.807, 2.05) is 0 Å². The summed E-state index contributed by atoms with van der Waals surface area (Å²) in [7, 11) is 0.788. The van der Waals surface area contributed by atoms with Gasteiger partial charge in [0.25, 0.3) is 5.91 Å². The zero-order chi connectivity index (χ0) is 20.8. The first-order valence-electron chi connectivity index (χ1n) is 7.84. The Morgan fingerprint density at radius 1 is 1.19 bits per heavy atom. The van der Waals surface area contributed by atoms with Crippen molar-refractivity contribution in [3.8, 4) is 17.2 Å². The largest absolute Gasteiger partial charge is 0.493 e. The Labute approximate surface area is 166 Å². The Morgan fingerprint density at radius 3 is 2.22 bits per heavy atom. The molecule has 1 unspecified atom stereocenters. The van der Waals surface area contributed by atoms with Crippen molar-refractivity contribution >= 4 is 37.6 Å². The number of carbonyl (C=O) groups excluding carboxylic acids is 1. The fourth-order valence-corrected chi connectivity index (χ4v) is 3.74. The van der Waals surface area contributed by atoms with E-state index in [-0.39, 0.29) is 45.2 Å². The highest BCUT2D eigenvalue weighted by molar-refractivity contribution is 9.10. The molecule has 0 aliphatic carbocycles. The van der Waals surface area contributed by atoms with E-state index in [0.29, 0.717) is 0 Å². The number of aliphatic carboxylic acids is 1. The smallest absolute Gasteiger partial charge is 0.326 e. The van der Waals surface area contributed by atoms with Gasteiger partial charge in [0, 0.05) is 5.75 Å². The summed E-state index contributed by atoms with van der Waals surface area (Å²) in [6, 6.07) is -0.00698. The molecule has 0 saturated carbocycles. The van der Waals surface area contributed by atoms with E-state index in [1.165, 1.54) is 34.3 Å². The molecule has 0 spiro atoms. The molecule has 1 aromatic carbocycles. The van der Waals surface area contributed by atoms with Crippen LogP contribution in [0.4, 0.5) is 0 Å². The van der Waals surface area contributed by atoms with E-state index >= 15 is 0 Å². The van der Waals surface area contributed by atoms with Gasteiger partial charge < -0.3 is 24.6 Å². The third-order valence-corrected chi connectivity index (χ3v) is 6.30. The standard InChI is InChI=1S/C16H22BrNO8S/c1-5-27(22,23)7-6-10(16(20)21)18-15(19)9-8-11(24-2)13(25-3)14(26-4)12(9)17/h8,10H,5-7H2,1-4H3,(H,18,19)(H,20,21). The third kappa shape index (κ3) is 5.73. The summed E-state index contributed by atoms with van der Waals surface area (Å²) in [5, 5.41) is 11.6. The van der Waals surface area contributed by atoms with Gasteiger partial charge in [-0.05, 0) is 28.4 Å². The summed E-state index contributed by atoms with van der Waals surface area (Å²) in [5.41, 5.74) is 0.0501. The molecular formula is C16H22BrNO8S. The van der Waals surface area contributed by atoms with Crippen LogP contribution in [0.25, 0.3) is 0 Å². The molecule has 9 nitrogen and oxygen atoms in total. The number of carboxylic acid groups (broad SMARTS) is 1. The normalized spacial score (nSPS) is 12.2. The highest BCUT2D eigenvalue weighted by Gasteiger charge is 2.27. The Balaban J connectivity index is 3.18. The number of sulfone groups is 1. The number of rotatable bonds is 10. The second-order valence-electron chi connectivity index (χ2n) is 5.40. The fraction of sp³-hybridized carbons (Fsp3) is 0.500. The molecule has 0 aliphatic rings. The maximum Gasteiger partial charge on any atom is 0.326 e. The summed E-state index contributed by atoms with van der Waals surface area (Å²) < 4.78 is 39.1. The van der Waals surface area contributed by atoms with Crippen molar-refractivity contribution in [3.63, 3.8) is 0 Å². The van der Waals surface area contributed by atoms with Crippen molar-refractivity contribution in [1.82, 2.24) is 5.32 Å². The minimum Gasteiger partial charge on any atom is -0.493 e. The number of methoxy groups -OCH3 is 3. The van der Waals surface area contributed by atoms with Crippen LogP contribution in [0.3, 0.4) is 0 Å². The molecule has 0 heterocycles. The average Bonchev–Trinajstić information content (AvgIpc) is 2.63. The molecule has 11 heteroatoms. The van der Waals surface area contributed by atoms with Crippen molar-refractivity contribution in [2.75, 3.05) is 32.8 Å². The predicted molar refractivity (Wildman–Crippen MR) is 102 cm³/mol. The number of halogens is 1. The maximum absolute atomic E-state index is 12.6. The number of nitrogens with one attached hydrogen (secondary N) is 1. The average molecular weight is 468 g/mol. The van der Waals surface area contributed by atoms with Crippen LogP contribution in [0.2, 0.25) is 0 Å². The van der Waals surface area contributed by atoms with Gasteiger partial charge in [-0.15, -0.1) is 0 Å². The van der Waals surface area contributed by atoms with Crippen molar-refractivity contribution in [2.24, 2.45) is 0 Å². The van der Waals surface area contributed by atoms with E-state index in [0.717, 1.165) is 0 Å². The predicted octanol–water partition coefficient (Wildman–Crippen LogP) is 1.48. The van der Waals surface area contributed by atoms with Crippen LogP contribution in [0.15, 0.2) is 10.5 Å². The quantitative estimate of drug-likeness (QED) is 0.529. The van der Waals surface area contributed by atoms with Crippen molar-refractivity contribution in [2.45, 2.75) is 19.4 Å². The number of hydrogen-bond acceptors (Lipinski definition) is 7. The molecule has 1 atom stereocenters. The number of hydrogen-bond donors (Lipinski definition) is 2. The number of amides is 1. The van der Waals surface area contributed by atoms with Gasteiger partial charge in [0.2, 0.25) is 5.75 Å². The van der Waals surface area contributed by atoms with E-state index in [4.69, 9.17) is 14.2 Å². The van der Waals surface area contributed by atoms with Crippen molar-refractivity contribution in [1.29, 1.82) is 0 Å². The number of carbonyl (C=O) groups is 2. The van der Waals surface area contributed by atoms with E-state index in [9.17, 15) is 23.1 Å². The third-order valence-electron chi connectivity index (χ3n) is 3.77. The summed E-state index contributed by atoms with van der Waals surface area (Å²) >= 11 is 3.24. The number of ether oxygens (including phenoxy) is 3. The molecule has 0 aromatic heterocycles. The van der Waals surface area contributed by atoms with Crippen LogP contribution in [-0.2, 0) is 14.6 Å². The minimum atomic E-state index is -3.37. The van der Waals surface area contributed by atoms with Gasteiger partial charge in [0.05, 0.1) is 37.1 Å². The molecular weight excluding hydrogens is 446 g/mol.